The molecule has 4 N–H and O–H groups in total. The van der Waals surface area contributed by atoms with E-state index in [0.717, 1.165) is 29.9 Å². The third kappa shape index (κ3) is 1.88. The largest absolute Gasteiger partial charge is 0.397 e. The van der Waals surface area contributed by atoms with Gasteiger partial charge in [-0.2, -0.15) is 0 Å². The molecule has 2 rings (SSSR count). The van der Waals surface area contributed by atoms with Gasteiger partial charge in [0, 0.05) is 18.7 Å². The van der Waals surface area contributed by atoms with Gasteiger partial charge in [-0.15, -0.1) is 0 Å². The van der Waals surface area contributed by atoms with Crippen LogP contribution in [0, 0.1) is 0 Å². The molecule has 80 valence electrons. The van der Waals surface area contributed by atoms with E-state index in [9.17, 15) is 4.79 Å². The van der Waals surface area contributed by atoms with E-state index >= 15 is 0 Å². The predicted molar refractivity (Wildman–Crippen MR) is 62.0 cm³/mol. The van der Waals surface area contributed by atoms with Crippen molar-refractivity contribution >= 4 is 23.0 Å². The lowest BCUT2D eigenvalue weighted by Crippen LogP contribution is -2.19. The second kappa shape index (κ2) is 3.81. The molecule has 1 aromatic rings. The van der Waals surface area contributed by atoms with Crippen molar-refractivity contribution in [2.75, 3.05) is 22.9 Å². The van der Waals surface area contributed by atoms with Gasteiger partial charge >= 0.3 is 0 Å². The molecule has 1 amide bonds. The Balaban J connectivity index is 2.37. The van der Waals surface area contributed by atoms with Crippen LogP contribution in [0.1, 0.15) is 18.9 Å². The van der Waals surface area contributed by atoms with Crippen molar-refractivity contribution in [2.24, 2.45) is 0 Å². The number of anilines is 3. The van der Waals surface area contributed by atoms with Crippen LogP contribution in [-0.2, 0) is 11.2 Å². The molecule has 0 spiro atoms. The van der Waals surface area contributed by atoms with Crippen LogP contribution in [-0.4, -0.2) is 12.5 Å². The van der Waals surface area contributed by atoms with Gasteiger partial charge in [0.05, 0.1) is 11.4 Å². The van der Waals surface area contributed by atoms with Gasteiger partial charge in [-0.3, -0.25) is 4.79 Å². The minimum absolute atomic E-state index is 0.0677. The fourth-order valence-corrected chi connectivity index (χ4v) is 1.79. The molecule has 1 heterocycles. The van der Waals surface area contributed by atoms with E-state index in [1.165, 1.54) is 0 Å². The Hall–Kier alpha value is -1.71. The average molecular weight is 205 g/mol. The molecule has 0 atom stereocenters. The van der Waals surface area contributed by atoms with Gasteiger partial charge in [0.2, 0.25) is 5.91 Å². The molecule has 0 radical (unpaired) electrons. The van der Waals surface area contributed by atoms with Crippen molar-refractivity contribution in [1.82, 2.24) is 0 Å². The number of rotatable bonds is 2. The Labute approximate surface area is 88.9 Å². The van der Waals surface area contributed by atoms with Crippen molar-refractivity contribution in [3.8, 4) is 0 Å². The normalized spacial score (nSPS) is 14.3. The lowest BCUT2D eigenvalue weighted by atomic mass is 10.0. The number of nitrogen functional groups attached to an aromatic ring is 1. The summed E-state index contributed by atoms with van der Waals surface area (Å²) in [6.45, 7) is 2.87. The first-order valence-electron chi connectivity index (χ1n) is 5.17. The highest BCUT2D eigenvalue weighted by molar-refractivity contribution is 5.95. The molecular weight excluding hydrogens is 190 g/mol. The van der Waals surface area contributed by atoms with Crippen LogP contribution >= 0.6 is 0 Å². The third-order valence-corrected chi connectivity index (χ3v) is 2.54. The summed E-state index contributed by atoms with van der Waals surface area (Å²) in [4.78, 5) is 11.2. The number of fused-ring (bicyclic) bond motifs is 1. The summed E-state index contributed by atoms with van der Waals surface area (Å²) in [5.41, 5.74) is 9.50. The number of nitrogens with two attached hydrogens (primary N) is 1. The monoisotopic (exact) mass is 205 g/mol. The molecule has 1 aromatic carbocycles. The lowest BCUT2D eigenvalue weighted by molar-refractivity contribution is -0.116. The number of nitrogens with one attached hydrogen (secondary N) is 2. The zero-order valence-electron chi connectivity index (χ0n) is 8.76. The van der Waals surface area contributed by atoms with Crippen LogP contribution in [0.2, 0.25) is 0 Å². The molecule has 0 aliphatic carbocycles. The number of hydrogen-bond acceptors (Lipinski definition) is 3. The van der Waals surface area contributed by atoms with Gasteiger partial charge < -0.3 is 16.4 Å². The van der Waals surface area contributed by atoms with Crippen LogP contribution in [0.5, 0.6) is 0 Å². The SMILES string of the molecule is CCNc1cc2c(cc1N)NC(=O)CC2. The minimum Gasteiger partial charge on any atom is -0.397 e. The van der Waals surface area contributed by atoms with Crippen molar-refractivity contribution < 1.29 is 4.79 Å². The van der Waals surface area contributed by atoms with Crippen LogP contribution < -0.4 is 16.4 Å². The Morgan fingerprint density at radius 1 is 1.47 bits per heavy atom. The molecule has 0 saturated heterocycles. The summed E-state index contributed by atoms with van der Waals surface area (Å²) in [7, 11) is 0. The summed E-state index contributed by atoms with van der Waals surface area (Å²) < 4.78 is 0. The van der Waals surface area contributed by atoms with E-state index in [1.54, 1.807) is 0 Å². The Kier molecular flexibility index (Phi) is 2.49. The van der Waals surface area contributed by atoms with E-state index in [2.05, 4.69) is 10.6 Å². The third-order valence-electron chi connectivity index (χ3n) is 2.54. The Morgan fingerprint density at radius 3 is 3.00 bits per heavy atom. The molecule has 0 fully saturated rings. The number of amides is 1. The lowest BCUT2D eigenvalue weighted by Gasteiger charge is -2.19. The number of carbonyl (C=O) groups is 1. The smallest absolute Gasteiger partial charge is 0.224 e. The number of aryl methyl sites for hydroxylation is 1. The number of benzene rings is 1. The number of carbonyl (C=O) groups excluding carboxylic acids is 1. The molecule has 0 aromatic heterocycles. The first kappa shape index (κ1) is 9.83. The van der Waals surface area contributed by atoms with Crippen LogP contribution in [0.4, 0.5) is 17.1 Å². The average Bonchev–Trinajstić information content (AvgIpc) is 2.20. The van der Waals surface area contributed by atoms with Gasteiger partial charge in [-0.1, -0.05) is 0 Å². The molecule has 0 bridgehead atoms. The highest BCUT2D eigenvalue weighted by Gasteiger charge is 2.16. The highest BCUT2D eigenvalue weighted by atomic mass is 16.1. The van der Waals surface area contributed by atoms with E-state index in [-0.39, 0.29) is 5.91 Å². The maximum atomic E-state index is 11.2. The van der Waals surface area contributed by atoms with Gasteiger partial charge in [-0.25, -0.2) is 0 Å². The van der Waals surface area contributed by atoms with Gasteiger partial charge in [0.1, 0.15) is 0 Å². The molecular formula is C11H15N3O. The fourth-order valence-electron chi connectivity index (χ4n) is 1.79. The van der Waals surface area contributed by atoms with Crippen LogP contribution in [0.15, 0.2) is 12.1 Å². The van der Waals surface area contributed by atoms with E-state index in [4.69, 9.17) is 5.73 Å². The molecule has 0 saturated carbocycles. The molecule has 0 unspecified atom stereocenters. The molecule has 4 nitrogen and oxygen atoms in total. The Morgan fingerprint density at radius 2 is 2.27 bits per heavy atom. The maximum Gasteiger partial charge on any atom is 0.224 e. The van der Waals surface area contributed by atoms with Crippen LogP contribution in [0.3, 0.4) is 0 Å². The first-order valence-corrected chi connectivity index (χ1v) is 5.17. The van der Waals surface area contributed by atoms with Crippen molar-refractivity contribution in [3.05, 3.63) is 17.7 Å². The summed E-state index contributed by atoms with van der Waals surface area (Å²) in [5, 5.41) is 6.02. The van der Waals surface area contributed by atoms with Gasteiger partial charge in [0.25, 0.3) is 0 Å². The van der Waals surface area contributed by atoms with E-state index in [1.807, 2.05) is 19.1 Å². The van der Waals surface area contributed by atoms with E-state index < -0.39 is 0 Å². The number of hydrogen-bond donors (Lipinski definition) is 3. The molecule has 1 aliphatic heterocycles. The van der Waals surface area contributed by atoms with Crippen LogP contribution in [0.25, 0.3) is 0 Å². The van der Waals surface area contributed by atoms with Crippen molar-refractivity contribution in [1.29, 1.82) is 0 Å². The Bertz CT molecular complexity index is 401. The highest BCUT2D eigenvalue weighted by Crippen LogP contribution is 2.30. The second-order valence-electron chi connectivity index (χ2n) is 3.68. The molecule has 4 heteroatoms. The summed E-state index contributed by atoms with van der Waals surface area (Å²) >= 11 is 0. The topological polar surface area (TPSA) is 67.2 Å². The van der Waals surface area contributed by atoms with E-state index in [0.29, 0.717) is 12.1 Å². The van der Waals surface area contributed by atoms with Gasteiger partial charge in [-0.05, 0) is 31.0 Å². The first-order chi connectivity index (χ1) is 7.20. The van der Waals surface area contributed by atoms with Crippen molar-refractivity contribution in [3.63, 3.8) is 0 Å². The standard InChI is InChI=1S/C11H15N3O/c1-2-13-10-5-7-3-4-11(15)14-9(7)6-8(10)12/h5-6,13H,2-4,12H2,1H3,(H,14,15). The zero-order valence-corrected chi connectivity index (χ0v) is 8.76. The maximum absolute atomic E-state index is 11.2. The molecule has 15 heavy (non-hydrogen) atoms. The second-order valence-corrected chi connectivity index (χ2v) is 3.68. The fraction of sp³-hybridized carbons (Fsp3) is 0.364. The quantitative estimate of drug-likeness (QED) is 0.642. The van der Waals surface area contributed by atoms with Crippen molar-refractivity contribution in [2.45, 2.75) is 19.8 Å². The zero-order chi connectivity index (χ0) is 10.8. The van der Waals surface area contributed by atoms with Gasteiger partial charge in [0.15, 0.2) is 0 Å². The summed E-state index contributed by atoms with van der Waals surface area (Å²) in [6, 6.07) is 3.85. The summed E-state index contributed by atoms with van der Waals surface area (Å²) in [6.07, 6.45) is 1.35. The predicted octanol–water partition coefficient (Wildman–Crippen LogP) is 1.59. The minimum atomic E-state index is 0.0677. The summed E-state index contributed by atoms with van der Waals surface area (Å²) in [5.74, 6) is 0.0677. The molecule has 1 aliphatic rings.